The molecule has 4 nitrogen and oxygen atoms in total. The van der Waals surface area contributed by atoms with E-state index in [9.17, 15) is 13.5 Å². The van der Waals surface area contributed by atoms with Gasteiger partial charge in [-0.1, -0.05) is 23.7 Å². The zero-order chi connectivity index (χ0) is 15.3. The fourth-order valence-corrected chi connectivity index (χ4v) is 3.40. The molecule has 21 heavy (non-hydrogen) atoms. The molecule has 0 spiro atoms. The Kier molecular flexibility index (Phi) is 5.81. The van der Waals surface area contributed by atoms with Gasteiger partial charge in [-0.3, -0.25) is 0 Å². The van der Waals surface area contributed by atoms with E-state index in [1.807, 2.05) is 0 Å². The van der Waals surface area contributed by atoms with Gasteiger partial charge in [0.05, 0.1) is 6.10 Å². The fraction of sp³-hybridized carbons (Fsp3) is 0.467. The van der Waals surface area contributed by atoms with Crippen molar-refractivity contribution in [1.82, 2.24) is 4.72 Å². The highest BCUT2D eigenvalue weighted by atomic mass is 35.5. The van der Waals surface area contributed by atoms with Gasteiger partial charge in [0.25, 0.3) is 0 Å². The molecule has 0 radical (unpaired) electrons. The topological polar surface area (TPSA) is 66.4 Å². The summed E-state index contributed by atoms with van der Waals surface area (Å²) < 4.78 is 26.4. The van der Waals surface area contributed by atoms with E-state index in [2.05, 4.69) is 4.72 Å². The lowest BCUT2D eigenvalue weighted by Crippen LogP contribution is -2.31. The van der Waals surface area contributed by atoms with Crippen LogP contribution in [0.15, 0.2) is 29.7 Å². The van der Waals surface area contributed by atoms with Gasteiger partial charge in [-0.25, -0.2) is 13.1 Å². The number of nitrogens with one attached hydrogen (secondary N) is 1. The van der Waals surface area contributed by atoms with Crippen LogP contribution in [0.1, 0.15) is 31.2 Å². The monoisotopic (exact) mass is 329 g/mol. The van der Waals surface area contributed by atoms with Crippen LogP contribution in [0.4, 0.5) is 0 Å². The van der Waals surface area contributed by atoms with Gasteiger partial charge in [-0.15, -0.1) is 0 Å². The Labute approximate surface area is 130 Å². The summed E-state index contributed by atoms with van der Waals surface area (Å²) in [7, 11) is -3.43. The average Bonchev–Trinajstić information content (AvgIpc) is 2.46. The first kappa shape index (κ1) is 16.5. The molecule has 1 aromatic rings. The molecule has 2 rings (SSSR count). The number of aliphatic hydroxyl groups excluding tert-OH is 1. The summed E-state index contributed by atoms with van der Waals surface area (Å²) >= 11 is 5.78. The van der Waals surface area contributed by atoms with E-state index in [4.69, 9.17) is 11.6 Å². The van der Waals surface area contributed by atoms with Crippen LogP contribution in [0.3, 0.4) is 0 Å². The number of hydrogen-bond donors (Lipinski definition) is 2. The average molecular weight is 330 g/mol. The molecular formula is C15H20ClNO3S. The molecule has 0 aromatic heterocycles. The molecule has 6 heteroatoms. The van der Waals surface area contributed by atoms with E-state index in [0.29, 0.717) is 17.5 Å². The maximum atomic E-state index is 11.9. The quantitative estimate of drug-likeness (QED) is 0.873. The van der Waals surface area contributed by atoms with Crippen LogP contribution in [0.5, 0.6) is 0 Å². The fourth-order valence-electron chi connectivity index (χ4n) is 2.37. The Morgan fingerprint density at radius 3 is 2.43 bits per heavy atom. The van der Waals surface area contributed by atoms with Gasteiger partial charge < -0.3 is 5.11 Å². The summed E-state index contributed by atoms with van der Waals surface area (Å²) in [4.78, 5) is 0. The minimum absolute atomic E-state index is 0.220. The Morgan fingerprint density at radius 2 is 1.81 bits per heavy atom. The Morgan fingerprint density at radius 1 is 1.19 bits per heavy atom. The summed E-state index contributed by atoms with van der Waals surface area (Å²) in [6, 6.07) is 6.96. The molecule has 1 saturated carbocycles. The molecule has 0 amide bonds. The summed E-state index contributed by atoms with van der Waals surface area (Å²) in [6.07, 6.45) is 4.57. The van der Waals surface area contributed by atoms with E-state index in [-0.39, 0.29) is 6.10 Å². The van der Waals surface area contributed by atoms with E-state index < -0.39 is 10.0 Å². The van der Waals surface area contributed by atoms with Crippen molar-refractivity contribution in [2.24, 2.45) is 5.92 Å². The maximum absolute atomic E-state index is 11.9. The van der Waals surface area contributed by atoms with Crippen LogP contribution in [-0.2, 0) is 10.0 Å². The van der Waals surface area contributed by atoms with Gasteiger partial charge in [-0.2, -0.15) is 0 Å². The first-order valence-electron chi connectivity index (χ1n) is 7.06. The molecule has 1 aliphatic rings. The molecule has 116 valence electrons. The van der Waals surface area contributed by atoms with Gasteiger partial charge >= 0.3 is 0 Å². The molecule has 0 saturated heterocycles. The highest BCUT2D eigenvalue weighted by Gasteiger charge is 2.20. The van der Waals surface area contributed by atoms with Gasteiger partial charge in [0.15, 0.2) is 0 Å². The SMILES string of the molecule is O=S(=O)(/C=C/c1ccc(Cl)cc1)NCC1CCC(O)CC1. The molecule has 1 aromatic carbocycles. The third-order valence-corrected chi connectivity index (χ3v) is 5.01. The highest BCUT2D eigenvalue weighted by Crippen LogP contribution is 2.23. The maximum Gasteiger partial charge on any atom is 0.233 e. The van der Waals surface area contributed by atoms with Crippen molar-refractivity contribution >= 4 is 27.7 Å². The third kappa shape index (κ3) is 5.79. The first-order valence-corrected chi connectivity index (χ1v) is 8.98. The second kappa shape index (κ2) is 7.40. The van der Waals surface area contributed by atoms with E-state index in [1.54, 1.807) is 30.3 Å². The molecule has 0 unspecified atom stereocenters. The zero-order valence-corrected chi connectivity index (χ0v) is 13.3. The molecule has 0 aliphatic heterocycles. The lowest BCUT2D eigenvalue weighted by molar-refractivity contribution is 0.110. The summed E-state index contributed by atoms with van der Waals surface area (Å²) in [5.74, 6) is 0.312. The number of halogens is 1. The van der Waals surface area contributed by atoms with Crippen LogP contribution in [-0.4, -0.2) is 26.2 Å². The van der Waals surface area contributed by atoms with Crippen LogP contribution in [0.25, 0.3) is 6.08 Å². The molecule has 2 N–H and O–H groups in total. The lowest BCUT2D eigenvalue weighted by atomic mass is 9.88. The number of aliphatic hydroxyl groups is 1. The molecule has 0 heterocycles. The lowest BCUT2D eigenvalue weighted by Gasteiger charge is -2.25. The minimum atomic E-state index is -3.43. The molecule has 1 fully saturated rings. The van der Waals surface area contributed by atoms with Crippen molar-refractivity contribution in [1.29, 1.82) is 0 Å². The second-order valence-electron chi connectivity index (χ2n) is 5.42. The summed E-state index contributed by atoms with van der Waals surface area (Å²) in [5, 5.41) is 11.2. The largest absolute Gasteiger partial charge is 0.393 e. The Balaban J connectivity index is 1.85. The van der Waals surface area contributed by atoms with Gasteiger partial charge in [0.1, 0.15) is 0 Å². The van der Waals surface area contributed by atoms with Gasteiger partial charge in [-0.05, 0) is 55.4 Å². The van der Waals surface area contributed by atoms with Crippen LogP contribution < -0.4 is 4.72 Å². The van der Waals surface area contributed by atoms with Crippen molar-refractivity contribution in [3.05, 3.63) is 40.3 Å². The zero-order valence-electron chi connectivity index (χ0n) is 11.7. The Hall–Kier alpha value is -0.880. The highest BCUT2D eigenvalue weighted by molar-refractivity contribution is 7.92. The third-order valence-electron chi connectivity index (χ3n) is 3.70. The summed E-state index contributed by atoms with van der Waals surface area (Å²) in [6.45, 7) is 0.431. The normalized spacial score (nSPS) is 23.5. The van der Waals surface area contributed by atoms with Crippen molar-refractivity contribution in [2.45, 2.75) is 31.8 Å². The number of rotatable bonds is 5. The predicted molar refractivity (Wildman–Crippen MR) is 85.4 cm³/mol. The second-order valence-corrected chi connectivity index (χ2v) is 7.51. The molecular weight excluding hydrogens is 310 g/mol. The Bertz CT molecular complexity index is 575. The molecule has 0 bridgehead atoms. The van der Waals surface area contributed by atoms with E-state index in [1.165, 1.54) is 5.41 Å². The van der Waals surface area contributed by atoms with Crippen molar-refractivity contribution < 1.29 is 13.5 Å². The van der Waals surface area contributed by atoms with Crippen LogP contribution >= 0.6 is 11.6 Å². The standard InChI is InChI=1S/C15H20ClNO3S/c16-14-5-1-12(2-6-14)9-10-21(19,20)17-11-13-3-7-15(18)8-4-13/h1-2,5-6,9-10,13,15,17-18H,3-4,7-8,11H2/b10-9+. The minimum Gasteiger partial charge on any atom is -0.393 e. The van der Waals surface area contributed by atoms with Crippen molar-refractivity contribution in [2.75, 3.05) is 6.54 Å². The predicted octanol–water partition coefficient (Wildman–Crippen LogP) is 2.78. The summed E-state index contributed by atoms with van der Waals surface area (Å²) in [5.41, 5.74) is 0.783. The van der Waals surface area contributed by atoms with Crippen molar-refractivity contribution in [3.63, 3.8) is 0 Å². The number of hydrogen-bond acceptors (Lipinski definition) is 3. The van der Waals surface area contributed by atoms with E-state index in [0.717, 1.165) is 31.2 Å². The number of sulfonamides is 1. The van der Waals surface area contributed by atoms with Crippen LogP contribution in [0, 0.1) is 5.92 Å². The number of benzene rings is 1. The van der Waals surface area contributed by atoms with Crippen LogP contribution in [0.2, 0.25) is 5.02 Å². The first-order chi connectivity index (χ1) is 9.94. The van der Waals surface area contributed by atoms with E-state index >= 15 is 0 Å². The van der Waals surface area contributed by atoms with Gasteiger partial charge in [0.2, 0.25) is 10.0 Å². The van der Waals surface area contributed by atoms with Gasteiger partial charge in [0, 0.05) is 17.0 Å². The van der Waals surface area contributed by atoms with Crippen molar-refractivity contribution in [3.8, 4) is 0 Å². The molecule has 0 atom stereocenters. The molecule has 1 aliphatic carbocycles. The smallest absolute Gasteiger partial charge is 0.233 e.